The van der Waals surface area contributed by atoms with E-state index in [9.17, 15) is 27.9 Å². The van der Waals surface area contributed by atoms with Crippen LogP contribution in [0.25, 0.3) is 0 Å². The van der Waals surface area contributed by atoms with E-state index in [2.05, 4.69) is 26.7 Å². The molecule has 2 aromatic rings. The highest BCUT2D eigenvalue weighted by Crippen LogP contribution is 2.28. The second kappa shape index (κ2) is 13.4. The average Bonchev–Trinajstić information content (AvgIpc) is 2.88. The van der Waals surface area contributed by atoms with Gasteiger partial charge in [-0.3, -0.25) is 9.69 Å². The normalized spacial score (nSPS) is 13.9. The van der Waals surface area contributed by atoms with Crippen molar-refractivity contribution in [1.29, 1.82) is 0 Å². The molecule has 10 nitrogen and oxygen atoms in total. The number of carbonyl (C=O) groups excluding carboxylic acids is 1. The minimum absolute atomic E-state index is 0.0957. The molecule has 1 aliphatic heterocycles. The number of carboxylic acids is 1. The van der Waals surface area contributed by atoms with Crippen molar-refractivity contribution >= 4 is 23.6 Å². The first kappa shape index (κ1) is 29.1. The molecule has 1 atom stereocenters. The van der Waals surface area contributed by atoms with Gasteiger partial charge in [-0.1, -0.05) is 6.07 Å². The third-order valence-corrected chi connectivity index (χ3v) is 6.28. The number of alkyl halides is 3. The number of rotatable bonds is 13. The van der Waals surface area contributed by atoms with Crippen LogP contribution in [0, 0.1) is 0 Å². The summed E-state index contributed by atoms with van der Waals surface area (Å²) < 4.78 is 38.2. The van der Waals surface area contributed by atoms with Crippen molar-refractivity contribution in [3.8, 4) is 0 Å². The second-order valence-corrected chi connectivity index (χ2v) is 9.48. The summed E-state index contributed by atoms with van der Waals surface area (Å²) >= 11 is 0. The van der Waals surface area contributed by atoms with Crippen molar-refractivity contribution < 1.29 is 27.9 Å². The van der Waals surface area contributed by atoms with Crippen LogP contribution in [0.3, 0.4) is 0 Å². The van der Waals surface area contributed by atoms with Crippen LogP contribution in [0.15, 0.2) is 24.5 Å². The first-order valence-corrected chi connectivity index (χ1v) is 12.6. The van der Waals surface area contributed by atoms with Crippen LogP contribution in [-0.2, 0) is 28.6 Å². The number of hydrogen-bond donors (Lipinski definition) is 3. The van der Waals surface area contributed by atoms with Gasteiger partial charge in [0.25, 0.3) is 0 Å². The fraction of sp³-hybridized carbons (Fsp3) is 0.560. The number of likely N-dealkylation sites (N-methyl/N-ethyl adjacent to an activating group) is 1. The van der Waals surface area contributed by atoms with Crippen molar-refractivity contribution in [1.82, 2.24) is 24.8 Å². The largest absolute Gasteiger partial charge is 0.480 e. The summed E-state index contributed by atoms with van der Waals surface area (Å²) in [5, 5.41) is 15.5. The van der Waals surface area contributed by atoms with E-state index in [0.29, 0.717) is 18.9 Å². The smallest absolute Gasteiger partial charge is 0.419 e. The number of pyridine rings is 1. The maximum absolute atomic E-state index is 12.7. The Balaban J connectivity index is 1.54. The lowest BCUT2D eigenvalue weighted by molar-refractivity contribution is -0.139. The van der Waals surface area contributed by atoms with Crippen LogP contribution in [-0.4, -0.2) is 88.1 Å². The number of anilines is 2. The van der Waals surface area contributed by atoms with Crippen LogP contribution < -0.4 is 10.6 Å². The Bertz CT molecular complexity index is 1080. The molecule has 0 radical (unpaired) electrons. The topological polar surface area (TPSA) is 124 Å². The van der Waals surface area contributed by atoms with E-state index in [1.807, 2.05) is 11.0 Å². The third kappa shape index (κ3) is 8.82. The van der Waals surface area contributed by atoms with Gasteiger partial charge in [-0.05, 0) is 56.7 Å². The van der Waals surface area contributed by atoms with E-state index in [0.717, 1.165) is 50.2 Å². The van der Waals surface area contributed by atoms with E-state index in [-0.39, 0.29) is 31.4 Å². The highest BCUT2D eigenvalue weighted by molar-refractivity contribution is 5.78. The van der Waals surface area contributed by atoms with Crippen molar-refractivity contribution in [2.45, 2.75) is 50.7 Å². The molecule has 208 valence electrons. The van der Waals surface area contributed by atoms with Crippen molar-refractivity contribution in [3.63, 3.8) is 0 Å². The van der Waals surface area contributed by atoms with Crippen molar-refractivity contribution in [3.05, 3.63) is 41.3 Å². The number of nitrogens with one attached hydrogen (secondary N) is 2. The number of hydrogen-bond acceptors (Lipinski definition) is 8. The molecule has 0 saturated heterocycles. The Hall–Kier alpha value is -3.48. The highest BCUT2D eigenvalue weighted by atomic mass is 19.4. The minimum Gasteiger partial charge on any atom is -0.480 e. The standard InChI is InChI=1S/C25H34F3N7O3/c1-34(2)21(36)16-35(12-4-3-7-19-9-8-17-6-5-11-29-22(17)32-19)13-10-20(23(37)38)33-24-30-14-18(15-31-24)25(26,27)28/h8-9,14-15,20H,3-7,10-13,16H2,1-2H3,(H,29,32)(H,37,38)(H,30,31,33). The Kier molecular flexibility index (Phi) is 10.2. The fourth-order valence-electron chi connectivity index (χ4n) is 4.03. The summed E-state index contributed by atoms with van der Waals surface area (Å²) in [6.07, 6.45) is 1.25. The number of aromatic nitrogens is 3. The lowest BCUT2D eigenvalue weighted by Crippen LogP contribution is -2.40. The predicted octanol–water partition coefficient (Wildman–Crippen LogP) is 2.92. The van der Waals surface area contributed by atoms with Crippen molar-refractivity contribution in [2.75, 3.05) is 50.9 Å². The summed E-state index contributed by atoms with van der Waals surface area (Å²) in [5.74, 6) is -0.567. The molecule has 3 heterocycles. The molecule has 3 rings (SSSR count). The van der Waals surface area contributed by atoms with Gasteiger partial charge in [-0.25, -0.2) is 19.7 Å². The van der Waals surface area contributed by atoms with Gasteiger partial charge in [-0.15, -0.1) is 0 Å². The zero-order valence-electron chi connectivity index (χ0n) is 21.6. The van der Waals surface area contributed by atoms with Gasteiger partial charge in [0.15, 0.2) is 0 Å². The maximum atomic E-state index is 12.7. The molecule has 1 unspecified atom stereocenters. The Labute approximate surface area is 219 Å². The predicted molar refractivity (Wildman–Crippen MR) is 136 cm³/mol. The van der Waals surface area contributed by atoms with Gasteiger partial charge >= 0.3 is 12.1 Å². The van der Waals surface area contributed by atoms with Crippen LogP contribution in [0.2, 0.25) is 0 Å². The number of aryl methyl sites for hydroxylation is 2. The van der Waals surface area contributed by atoms with Gasteiger partial charge in [0.2, 0.25) is 11.9 Å². The molecule has 2 aromatic heterocycles. The molecule has 0 spiro atoms. The molecular weight excluding hydrogens is 503 g/mol. The zero-order chi connectivity index (χ0) is 27.7. The van der Waals surface area contributed by atoms with E-state index in [4.69, 9.17) is 4.98 Å². The number of halogens is 3. The number of carbonyl (C=O) groups is 2. The van der Waals surface area contributed by atoms with E-state index in [1.165, 1.54) is 10.5 Å². The van der Waals surface area contributed by atoms with Gasteiger partial charge in [-0.2, -0.15) is 13.2 Å². The highest BCUT2D eigenvalue weighted by Gasteiger charge is 2.31. The number of carboxylic acid groups (broad SMARTS) is 1. The molecule has 0 saturated carbocycles. The maximum Gasteiger partial charge on any atom is 0.419 e. The molecule has 0 fully saturated rings. The fourth-order valence-corrected chi connectivity index (χ4v) is 4.03. The van der Waals surface area contributed by atoms with Gasteiger partial charge in [0.05, 0.1) is 12.1 Å². The number of amides is 1. The minimum atomic E-state index is -4.59. The lowest BCUT2D eigenvalue weighted by atomic mass is 10.1. The van der Waals surface area contributed by atoms with Crippen LogP contribution in [0.1, 0.15) is 42.5 Å². The molecule has 3 N–H and O–H groups in total. The molecule has 0 aliphatic carbocycles. The quantitative estimate of drug-likeness (QED) is 0.331. The van der Waals surface area contributed by atoms with Crippen molar-refractivity contribution in [2.24, 2.45) is 0 Å². The zero-order valence-corrected chi connectivity index (χ0v) is 21.6. The summed E-state index contributed by atoms with van der Waals surface area (Å²) in [6.45, 7) is 1.91. The van der Waals surface area contributed by atoms with Crippen LogP contribution >= 0.6 is 0 Å². The lowest BCUT2D eigenvalue weighted by Gasteiger charge is -2.25. The van der Waals surface area contributed by atoms with Crippen LogP contribution in [0.5, 0.6) is 0 Å². The molecule has 0 aromatic carbocycles. The first-order valence-electron chi connectivity index (χ1n) is 12.6. The number of unbranched alkanes of at least 4 members (excludes halogenated alkanes) is 1. The molecule has 0 bridgehead atoms. The Morgan fingerprint density at radius 1 is 1.16 bits per heavy atom. The summed E-state index contributed by atoms with van der Waals surface area (Å²) in [4.78, 5) is 39.4. The van der Waals surface area contributed by atoms with Gasteiger partial charge < -0.3 is 20.6 Å². The third-order valence-electron chi connectivity index (χ3n) is 6.28. The number of aliphatic carboxylic acids is 1. The van der Waals surface area contributed by atoms with E-state index >= 15 is 0 Å². The average molecular weight is 538 g/mol. The first-order chi connectivity index (χ1) is 18.0. The monoisotopic (exact) mass is 537 g/mol. The molecular formula is C25H34F3N7O3. The molecule has 1 aliphatic rings. The summed E-state index contributed by atoms with van der Waals surface area (Å²) in [5.41, 5.74) is 1.21. The van der Waals surface area contributed by atoms with E-state index in [1.54, 1.807) is 14.1 Å². The van der Waals surface area contributed by atoms with E-state index < -0.39 is 23.8 Å². The van der Waals surface area contributed by atoms with Gasteiger partial charge in [0, 0.05) is 45.3 Å². The summed E-state index contributed by atoms with van der Waals surface area (Å²) in [6, 6.07) is 3.02. The number of fused-ring (bicyclic) bond motifs is 1. The summed E-state index contributed by atoms with van der Waals surface area (Å²) in [7, 11) is 3.31. The Morgan fingerprint density at radius 3 is 2.55 bits per heavy atom. The number of nitrogens with zero attached hydrogens (tertiary/aromatic N) is 5. The molecule has 38 heavy (non-hydrogen) atoms. The Morgan fingerprint density at radius 2 is 1.89 bits per heavy atom. The second-order valence-electron chi connectivity index (χ2n) is 9.48. The van der Waals surface area contributed by atoms with Gasteiger partial charge in [0.1, 0.15) is 11.9 Å². The molecule has 13 heteroatoms. The van der Waals surface area contributed by atoms with Crippen LogP contribution in [0.4, 0.5) is 24.9 Å². The SMILES string of the molecule is CN(C)C(=O)CN(CCCCc1ccc2c(n1)NCCC2)CCC(Nc1ncc(C(F)(F)F)cn1)C(=O)O. The molecule has 1 amide bonds.